The van der Waals surface area contributed by atoms with Gasteiger partial charge in [-0.05, 0) is 60.0 Å². The van der Waals surface area contributed by atoms with Gasteiger partial charge in [0.2, 0.25) is 23.6 Å². The number of halogens is 1. The van der Waals surface area contributed by atoms with Gasteiger partial charge in [-0.15, -0.1) is 0 Å². The monoisotopic (exact) mass is 738 g/mol. The fourth-order valence-corrected chi connectivity index (χ4v) is 9.87. The van der Waals surface area contributed by atoms with Crippen molar-refractivity contribution in [1.82, 2.24) is 0 Å². The summed E-state index contributed by atoms with van der Waals surface area (Å²) in [6.07, 6.45) is 2.08. The van der Waals surface area contributed by atoms with E-state index in [0.29, 0.717) is 32.8 Å². The number of allylic oxidation sites excluding steroid dienone is 2. The van der Waals surface area contributed by atoms with Gasteiger partial charge in [0.25, 0.3) is 0 Å². The van der Waals surface area contributed by atoms with Crippen molar-refractivity contribution in [2.24, 2.45) is 23.7 Å². The van der Waals surface area contributed by atoms with Gasteiger partial charge in [0.05, 0.1) is 34.5 Å². The largest absolute Gasteiger partial charge is 0.507 e. The predicted molar refractivity (Wildman–Crippen MR) is 199 cm³/mol. The zero-order valence-corrected chi connectivity index (χ0v) is 29.2. The van der Waals surface area contributed by atoms with Gasteiger partial charge in [0.15, 0.2) is 0 Å². The van der Waals surface area contributed by atoms with Gasteiger partial charge < -0.3 is 15.3 Å². The second kappa shape index (κ2) is 12.1. The Morgan fingerprint density at radius 2 is 1.48 bits per heavy atom. The van der Waals surface area contributed by atoms with Crippen molar-refractivity contribution in [2.45, 2.75) is 24.2 Å². The summed E-state index contributed by atoms with van der Waals surface area (Å²) in [4.78, 5) is 72.9. The molecule has 9 rings (SSSR count). The van der Waals surface area contributed by atoms with Gasteiger partial charge in [-0.3, -0.25) is 19.2 Å². The van der Waals surface area contributed by atoms with E-state index in [1.54, 1.807) is 54.6 Å². The summed E-state index contributed by atoms with van der Waals surface area (Å²) in [6.45, 7) is 0. The Bertz CT molecular complexity index is 2520. The lowest BCUT2D eigenvalue weighted by atomic mass is 9.49. The van der Waals surface area contributed by atoms with E-state index in [1.807, 2.05) is 42.5 Å². The fraction of sp³-hybridized carbons (Fsp3) is 0.186. The lowest BCUT2D eigenvalue weighted by Crippen LogP contribution is -2.53. The van der Waals surface area contributed by atoms with Crippen molar-refractivity contribution in [1.29, 1.82) is 0 Å². The lowest BCUT2D eigenvalue weighted by Gasteiger charge is -2.50. The van der Waals surface area contributed by atoms with Crippen LogP contribution in [-0.2, 0) is 24.6 Å². The molecule has 10 nitrogen and oxygen atoms in total. The molecule has 4 amide bonds. The number of aromatic carboxylic acids is 1. The van der Waals surface area contributed by atoms with Crippen LogP contribution in [0, 0.1) is 23.7 Å². The van der Waals surface area contributed by atoms with Crippen molar-refractivity contribution in [3.8, 4) is 11.5 Å². The minimum absolute atomic E-state index is 0.0286. The Balaban J connectivity index is 1.27. The molecule has 1 saturated carbocycles. The number of carbonyl (C=O) groups is 5. The minimum atomic E-state index is -1.57. The first-order valence-electron chi connectivity index (χ1n) is 17.6. The van der Waals surface area contributed by atoms with Crippen LogP contribution >= 0.6 is 11.6 Å². The van der Waals surface area contributed by atoms with Gasteiger partial charge in [-0.25, -0.2) is 14.6 Å². The number of imide groups is 2. The molecule has 0 unspecified atom stereocenters. The molecule has 3 N–H and O–H groups in total. The maximum atomic E-state index is 15.5. The smallest absolute Gasteiger partial charge is 0.339 e. The zero-order valence-electron chi connectivity index (χ0n) is 28.4. The summed E-state index contributed by atoms with van der Waals surface area (Å²) in [5, 5.41) is 33.7. The molecule has 268 valence electrons. The second-order valence-electron chi connectivity index (χ2n) is 14.3. The Labute approximate surface area is 313 Å². The van der Waals surface area contributed by atoms with Gasteiger partial charge in [-0.2, -0.15) is 0 Å². The first-order chi connectivity index (χ1) is 26.0. The third kappa shape index (κ3) is 4.56. The summed E-state index contributed by atoms with van der Waals surface area (Å²) in [7, 11) is 0. The molecule has 11 heteroatoms. The molecule has 2 heterocycles. The van der Waals surface area contributed by atoms with Gasteiger partial charge in [0, 0.05) is 28.0 Å². The Hall–Kier alpha value is -6.26. The molecule has 2 aliphatic carbocycles. The van der Waals surface area contributed by atoms with E-state index in [4.69, 9.17) is 11.6 Å². The van der Waals surface area contributed by atoms with Crippen molar-refractivity contribution >= 4 is 63.3 Å². The maximum Gasteiger partial charge on any atom is 0.339 e. The molecule has 3 fully saturated rings. The van der Waals surface area contributed by atoms with E-state index in [9.17, 15) is 34.5 Å². The SMILES string of the molecule is O=C(O)c1ccc(N2C(=O)[C@H]3[C@H](CC=C4[C@H]3C[C@H]3C(=O)N(c5cccc(Cl)c5)C(=O)[C@@]3(c3ccccc3)[C@H]4c3ccc4ccccc4c3O)C2=O)cc1O. The van der Waals surface area contributed by atoms with Crippen molar-refractivity contribution in [3.63, 3.8) is 0 Å². The highest BCUT2D eigenvalue weighted by Gasteiger charge is 2.70. The number of anilines is 2. The number of carboxylic acids is 1. The lowest BCUT2D eigenvalue weighted by molar-refractivity contribution is -0.127. The average molecular weight is 739 g/mol. The minimum Gasteiger partial charge on any atom is -0.507 e. The summed E-state index contributed by atoms with van der Waals surface area (Å²) >= 11 is 6.40. The first-order valence-corrected chi connectivity index (χ1v) is 18.0. The summed E-state index contributed by atoms with van der Waals surface area (Å²) in [6, 6.07) is 30.1. The van der Waals surface area contributed by atoms with E-state index >= 15 is 4.79 Å². The molecule has 0 bridgehead atoms. The predicted octanol–water partition coefficient (Wildman–Crippen LogP) is 6.97. The molecule has 4 aliphatic rings. The van der Waals surface area contributed by atoms with Gasteiger partial charge >= 0.3 is 5.97 Å². The van der Waals surface area contributed by atoms with Crippen LogP contribution in [0.3, 0.4) is 0 Å². The van der Waals surface area contributed by atoms with Crippen LogP contribution in [0.15, 0.2) is 121 Å². The molecule has 54 heavy (non-hydrogen) atoms. The first kappa shape index (κ1) is 33.6. The molecule has 2 saturated heterocycles. The zero-order chi connectivity index (χ0) is 37.6. The number of phenolic OH excluding ortho intramolecular Hbond substituents is 1. The summed E-state index contributed by atoms with van der Waals surface area (Å²) < 4.78 is 0. The number of hydrogen-bond acceptors (Lipinski definition) is 7. The molecule has 5 aromatic rings. The molecule has 0 aromatic heterocycles. The number of benzene rings is 5. The summed E-state index contributed by atoms with van der Waals surface area (Å²) in [5.41, 5.74) is 0.0237. The molecule has 2 aliphatic heterocycles. The van der Waals surface area contributed by atoms with E-state index in [2.05, 4.69) is 0 Å². The number of carbonyl (C=O) groups excluding carboxylic acids is 4. The number of carboxylic acid groups (broad SMARTS) is 1. The van der Waals surface area contributed by atoms with E-state index in [1.165, 1.54) is 11.0 Å². The number of fused-ring (bicyclic) bond motifs is 5. The number of aromatic hydroxyl groups is 2. The Morgan fingerprint density at radius 3 is 2.22 bits per heavy atom. The number of hydrogen-bond donors (Lipinski definition) is 3. The van der Waals surface area contributed by atoms with Gasteiger partial charge in [-0.1, -0.05) is 96.0 Å². The average Bonchev–Trinajstić information content (AvgIpc) is 3.56. The molecule has 6 atom stereocenters. The van der Waals surface area contributed by atoms with Crippen LogP contribution in [0.2, 0.25) is 5.02 Å². The third-order valence-electron chi connectivity index (χ3n) is 11.9. The highest BCUT2D eigenvalue weighted by molar-refractivity contribution is 6.32. The van der Waals surface area contributed by atoms with E-state index in [0.717, 1.165) is 22.4 Å². The van der Waals surface area contributed by atoms with Crippen molar-refractivity contribution in [2.75, 3.05) is 9.80 Å². The second-order valence-corrected chi connectivity index (χ2v) is 14.8. The van der Waals surface area contributed by atoms with Crippen LogP contribution in [0.25, 0.3) is 10.8 Å². The van der Waals surface area contributed by atoms with Crippen molar-refractivity contribution in [3.05, 3.63) is 143 Å². The highest BCUT2D eigenvalue weighted by Crippen LogP contribution is 2.65. The standard InChI is InChI=1S/C43H31ClN2O8/c44-24-10-6-11-25(19-24)46-39(50)33-21-32-28(17-18-30-35(32)40(51)45(38(30)49)26-14-16-29(41(52)53)34(47)20-26)36(43(33,42(46)54)23-8-2-1-3-9-23)31-15-13-22-7-4-5-12-27(22)37(31)48/h1-17,19-20,30,32-33,35-36,47-48H,18,21H2,(H,52,53)/t30-,32+,33-,35-,36+,43+/m0/s1. The van der Waals surface area contributed by atoms with E-state index in [-0.39, 0.29) is 29.8 Å². The highest BCUT2D eigenvalue weighted by atomic mass is 35.5. The Morgan fingerprint density at radius 1 is 0.741 bits per heavy atom. The number of rotatable bonds is 5. The van der Waals surface area contributed by atoms with Gasteiger partial charge in [0.1, 0.15) is 17.1 Å². The van der Waals surface area contributed by atoms with E-state index < -0.39 is 70.4 Å². The van der Waals surface area contributed by atoms with Crippen LogP contribution in [0.1, 0.15) is 40.2 Å². The number of phenols is 2. The summed E-state index contributed by atoms with van der Waals surface area (Å²) in [5.74, 6) is -8.49. The normalized spacial score (nSPS) is 26.1. The van der Waals surface area contributed by atoms with Crippen LogP contribution in [0.5, 0.6) is 11.5 Å². The molecule has 0 radical (unpaired) electrons. The molecule has 5 aromatic carbocycles. The fourth-order valence-electron chi connectivity index (χ4n) is 9.69. The van der Waals surface area contributed by atoms with Crippen LogP contribution < -0.4 is 9.80 Å². The Kier molecular flexibility index (Phi) is 7.55. The number of amides is 4. The third-order valence-corrected chi connectivity index (χ3v) is 12.1. The molecule has 0 spiro atoms. The maximum absolute atomic E-state index is 15.5. The quantitative estimate of drug-likeness (QED) is 0.129. The molecular weight excluding hydrogens is 708 g/mol. The van der Waals surface area contributed by atoms with Crippen LogP contribution in [0.4, 0.5) is 11.4 Å². The number of nitrogens with zero attached hydrogens (tertiary/aromatic N) is 2. The molecular formula is C43H31ClN2O8. The topological polar surface area (TPSA) is 153 Å². The van der Waals surface area contributed by atoms with Crippen molar-refractivity contribution < 1.29 is 39.3 Å². The van der Waals surface area contributed by atoms with Crippen LogP contribution in [-0.4, -0.2) is 44.9 Å².